The third-order valence-electron chi connectivity index (χ3n) is 5.16. The van der Waals surface area contributed by atoms with E-state index in [-0.39, 0.29) is 17.9 Å². The van der Waals surface area contributed by atoms with Gasteiger partial charge in [0, 0.05) is 19.1 Å². The standard InChI is InChI=1S/C22H20FI2N3O2/c1-14-10-27(13-30-22-19(24)7-17(9-26)8-20(22)25)15(2)21(12-29)28(14)11-16-3-5-18(23)6-4-16/h3-8,14-15H,10-11,13H2,1-2H3/t14-,15+/m1/s1. The Hall–Kier alpha value is -1.67. The molecule has 0 amide bonds. The summed E-state index contributed by atoms with van der Waals surface area (Å²) in [6, 6.07) is 12.0. The topological polar surface area (TPSA) is 56.6 Å². The number of ether oxygens (including phenoxy) is 1. The van der Waals surface area contributed by atoms with Crippen molar-refractivity contribution in [1.82, 2.24) is 9.80 Å². The summed E-state index contributed by atoms with van der Waals surface area (Å²) in [5.41, 5.74) is 2.10. The molecule has 0 spiro atoms. The van der Waals surface area contributed by atoms with Crippen LogP contribution in [-0.2, 0) is 11.3 Å². The molecule has 3 rings (SSSR count). The smallest absolute Gasteiger partial charge is 0.148 e. The molecule has 2 atom stereocenters. The van der Waals surface area contributed by atoms with Gasteiger partial charge in [0.05, 0.1) is 24.8 Å². The Balaban J connectivity index is 1.73. The molecule has 1 saturated heterocycles. The van der Waals surface area contributed by atoms with E-state index in [0.29, 0.717) is 31.1 Å². The highest BCUT2D eigenvalue weighted by atomic mass is 127. The first-order chi connectivity index (χ1) is 14.3. The lowest BCUT2D eigenvalue weighted by molar-refractivity contribution is 0.0279. The van der Waals surface area contributed by atoms with Gasteiger partial charge in [-0.05, 0) is 88.9 Å². The van der Waals surface area contributed by atoms with Gasteiger partial charge in [0.25, 0.3) is 0 Å². The third kappa shape index (κ3) is 5.14. The van der Waals surface area contributed by atoms with Crippen LogP contribution in [-0.4, -0.2) is 41.1 Å². The van der Waals surface area contributed by atoms with E-state index >= 15 is 0 Å². The Kier molecular flexibility index (Phi) is 7.74. The number of piperazine rings is 1. The van der Waals surface area contributed by atoms with Crippen molar-refractivity contribution in [2.45, 2.75) is 32.5 Å². The first-order valence-corrected chi connectivity index (χ1v) is 11.5. The zero-order valence-corrected chi connectivity index (χ0v) is 20.8. The van der Waals surface area contributed by atoms with Crippen LogP contribution in [0.2, 0.25) is 0 Å². The van der Waals surface area contributed by atoms with Crippen LogP contribution in [0, 0.1) is 24.3 Å². The van der Waals surface area contributed by atoms with E-state index in [4.69, 9.17) is 10.00 Å². The van der Waals surface area contributed by atoms with E-state index in [0.717, 1.165) is 18.5 Å². The minimum Gasteiger partial charge on any atom is -0.476 e. The minimum absolute atomic E-state index is 0.0606. The summed E-state index contributed by atoms with van der Waals surface area (Å²) in [5.74, 6) is 2.57. The molecule has 1 heterocycles. The number of hydrogen-bond acceptors (Lipinski definition) is 5. The highest BCUT2D eigenvalue weighted by Crippen LogP contribution is 2.30. The van der Waals surface area contributed by atoms with Gasteiger partial charge in [-0.2, -0.15) is 5.26 Å². The number of nitrogens with zero attached hydrogens (tertiary/aromatic N) is 3. The molecular formula is C22H20FI2N3O2. The maximum atomic E-state index is 13.2. The van der Waals surface area contributed by atoms with Crippen molar-refractivity contribution >= 4 is 51.1 Å². The number of halogens is 3. The van der Waals surface area contributed by atoms with Gasteiger partial charge in [-0.3, -0.25) is 4.90 Å². The second kappa shape index (κ2) is 10.1. The molecule has 0 unspecified atom stereocenters. The lowest BCUT2D eigenvalue weighted by Gasteiger charge is -2.45. The fourth-order valence-electron chi connectivity index (χ4n) is 3.49. The van der Waals surface area contributed by atoms with Crippen LogP contribution < -0.4 is 4.74 Å². The Bertz CT molecular complexity index is 993. The van der Waals surface area contributed by atoms with E-state index < -0.39 is 0 Å². The van der Waals surface area contributed by atoms with Gasteiger partial charge in [-0.15, -0.1) is 0 Å². The molecule has 2 aromatic carbocycles. The summed E-state index contributed by atoms with van der Waals surface area (Å²) in [5, 5.41) is 9.11. The zero-order chi connectivity index (χ0) is 21.8. The van der Waals surface area contributed by atoms with Crippen LogP contribution in [0.5, 0.6) is 5.75 Å². The Labute approximate surface area is 202 Å². The molecular weight excluding hydrogens is 611 g/mol. The minimum atomic E-state index is -0.277. The monoisotopic (exact) mass is 631 g/mol. The van der Waals surface area contributed by atoms with Crippen molar-refractivity contribution in [2.24, 2.45) is 0 Å². The van der Waals surface area contributed by atoms with Crippen LogP contribution in [0.4, 0.5) is 4.39 Å². The number of benzene rings is 2. The van der Waals surface area contributed by atoms with E-state index in [1.807, 2.05) is 11.8 Å². The molecule has 0 aromatic heterocycles. The molecule has 0 aliphatic carbocycles. The second-order valence-electron chi connectivity index (χ2n) is 7.19. The number of hydrogen-bond donors (Lipinski definition) is 0. The van der Waals surface area contributed by atoms with Crippen molar-refractivity contribution < 1.29 is 13.9 Å². The highest BCUT2D eigenvalue weighted by Gasteiger charge is 2.34. The van der Waals surface area contributed by atoms with E-state index in [2.05, 4.69) is 69.0 Å². The zero-order valence-electron chi connectivity index (χ0n) is 16.5. The maximum absolute atomic E-state index is 13.2. The molecule has 1 fully saturated rings. The van der Waals surface area contributed by atoms with E-state index in [1.54, 1.807) is 24.3 Å². The molecule has 0 bridgehead atoms. The van der Waals surface area contributed by atoms with E-state index in [1.165, 1.54) is 12.1 Å². The normalized spacial score (nSPS) is 19.3. The third-order valence-corrected chi connectivity index (χ3v) is 6.76. The van der Waals surface area contributed by atoms with Crippen LogP contribution in [0.15, 0.2) is 42.1 Å². The van der Waals surface area contributed by atoms with Crippen LogP contribution in [0.25, 0.3) is 0 Å². The maximum Gasteiger partial charge on any atom is 0.148 e. The summed E-state index contributed by atoms with van der Waals surface area (Å²) in [4.78, 5) is 15.9. The van der Waals surface area contributed by atoms with Crippen LogP contribution in [0.3, 0.4) is 0 Å². The van der Waals surface area contributed by atoms with Gasteiger partial charge in [0.15, 0.2) is 0 Å². The summed E-state index contributed by atoms with van der Waals surface area (Å²) in [6.07, 6.45) is 0. The predicted octanol–water partition coefficient (Wildman–Crippen LogP) is 4.55. The molecule has 5 nitrogen and oxygen atoms in total. The molecule has 1 aliphatic heterocycles. The van der Waals surface area contributed by atoms with Gasteiger partial charge in [-0.25, -0.2) is 9.18 Å². The van der Waals surface area contributed by atoms with Gasteiger partial charge >= 0.3 is 0 Å². The van der Waals surface area contributed by atoms with Crippen molar-refractivity contribution in [3.05, 3.63) is 66.2 Å². The quantitative estimate of drug-likeness (QED) is 0.358. The SMILES string of the molecule is C[C@@H]1CN(COc2c(I)cc(C#N)cc2I)[C@@H](C)C(=C=O)N1Cc1ccc(F)cc1. The van der Waals surface area contributed by atoms with Gasteiger partial charge in [0.2, 0.25) is 0 Å². The Morgan fingerprint density at radius 3 is 2.40 bits per heavy atom. The first-order valence-electron chi connectivity index (χ1n) is 9.36. The fourth-order valence-corrected chi connectivity index (χ4v) is 5.57. The molecule has 0 radical (unpaired) electrons. The van der Waals surface area contributed by atoms with E-state index in [9.17, 15) is 9.18 Å². The van der Waals surface area contributed by atoms with Crippen molar-refractivity contribution in [1.29, 1.82) is 5.26 Å². The molecule has 30 heavy (non-hydrogen) atoms. The molecule has 156 valence electrons. The molecule has 0 saturated carbocycles. The summed E-state index contributed by atoms with van der Waals surface area (Å²) >= 11 is 4.33. The predicted molar refractivity (Wildman–Crippen MR) is 129 cm³/mol. The highest BCUT2D eigenvalue weighted by molar-refractivity contribution is 14.1. The van der Waals surface area contributed by atoms with Gasteiger partial charge in [-0.1, -0.05) is 12.1 Å². The largest absolute Gasteiger partial charge is 0.476 e. The Morgan fingerprint density at radius 2 is 1.83 bits per heavy atom. The molecule has 8 heteroatoms. The van der Waals surface area contributed by atoms with Crippen molar-refractivity contribution in [3.8, 4) is 11.8 Å². The number of carbonyl (C=O) groups excluding carboxylic acids is 1. The van der Waals surface area contributed by atoms with Gasteiger partial charge < -0.3 is 9.64 Å². The summed E-state index contributed by atoms with van der Waals surface area (Å²) < 4.78 is 21.0. The molecule has 2 aromatic rings. The van der Waals surface area contributed by atoms with Gasteiger partial charge in [0.1, 0.15) is 29.9 Å². The van der Waals surface area contributed by atoms with Crippen molar-refractivity contribution in [2.75, 3.05) is 13.3 Å². The summed E-state index contributed by atoms with van der Waals surface area (Å²) in [7, 11) is 0. The molecule has 1 aliphatic rings. The average Bonchev–Trinajstić information content (AvgIpc) is 2.72. The average molecular weight is 631 g/mol. The van der Waals surface area contributed by atoms with Crippen LogP contribution >= 0.6 is 45.2 Å². The lowest BCUT2D eigenvalue weighted by Crippen LogP contribution is -2.55. The van der Waals surface area contributed by atoms with Crippen LogP contribution in [0.1, 0.15) is 25.0 Å². The second-order valence-corrected chi connectivity index (χ2v) is 9.52. The Morgan fingerprint density at radius 1 is 1.20 bits per heavy atom. The number of rotatable bonds is 5. The fraction of sp³-hybridized carbons (Fsp3) is 0.318. The summed E-state index contributed by atoms with van der Waals surface area (Å²) in [6.45, 7) is 5.56. The lowest BCUT2D eigenvalue weighted by atomic mass is 10.0. The first kappa shape index (κ1) is 23.0. The van der Waals surface area contributed by atoms with Crippen molar-refractivity contribution in [3.63, 3.8) is 0 Å². The molecule has 0 N–H and O–H groups in total. The number of nitriles is 1.